The number of aromatic nitrogens is 5. The lowest BCUT2D eigenvalue weighted by Crippen LogP contribution is -2.32. The van der Waals surface area contributed by atoms with Crippen LogP contribution in [0, 0.1) is 47.5 Å². The van der Waals surface area contributed by atoms with Crippen molar-refractivity contribution in [2.24, 2.45) is 41.2 Å². The first kappa shape index (κ1) is 89.9. The number of pyridine rings is 5. The van der Waals surface area contributed by atoms with Gasteiger partial charge in [-0.1, -0.05) is 225 Å². The van der Waals surface area contributed by atoms with E-state index in [4.69, 9.17) is 0 Å². The van der Waals surface area contributed by atoms with Crippen molar-refractivity contribution in [2.75, 3.05) is 0 Å². The van der Waals surface area contributed by atoms with E-state index in [-0.39, 0.29) is 37.1 Å². The molecule has 5 heteroatoms. The van der Waals surface area contributed by atoms with Crippen LogP contribution < -0.4 is 22.8 Å². The van der Waals surface area contributed by atoms with E-state index in [1.165, 1.54) is 140 Å². The van der Waals surface area contributed by atoms with Crippen LogP contribution in [0.3, 0.4) is 0 Å². The Balaban J connectivity index is 0.000000617. The van der Waals surface area contributed by atoms with Crippen LogP contribution in [0.15, 0.2) is 183 Å². The highest BCUT2D eigenvalue weighted by molar-refractivity contribution is 5.65. The molecule has 0 spiro atoms. The molecule has 0 N–H and O–H groups in total. The van der Waals surface area contributed by atoms with Crippen LogP contribution in [-0.2, 0) is 67.3 Å². The Hall–Kier alpha value is -8.15. The maximum absolute atomic E-state index is 2.38. The summed E-state index contributed by atoms with van der Waals surface area (Å²) in [6.07, 6.45) is 17.0. The van der Waals surface area contributed by atoms with Crippen LogP contribution in [0.25, 0.3) is 56.3 Å². The van der Waals surface area contributed by atoms with E-state index in [0.29, 0.717) is 29.6 Å². The number of benzene rings is 5. The standard InChI is InChI=1S/C19H26N.3C18H24N.C17H22N.5CH4/c1-13(2)17-11-19(16-10-8-7-9-15(16)5)20(6)12-18(17)14(3)4;1-13(2)10-16-12-19(5)18(11-15(16)4)17-9-7-6-8-14(17)3;1-6-15-12-19(5)18(11-17(15)13(2)3)16-10-8-7-9-14(16)4;1-6-15-11-18(16-10-8-7-9-14(16)4)19(5)12-17(15)13(2)3;1-5-14-11-17(18(4)12-15(14)6-2)16-10-8-7-9-13(16)3;;;;;/h7-14H,1-6H3;6-9,11-13H,10H2,1-5H3;2*7-13H,6H2,1-5H3;7-12H,5-6H2,1-4H3;5*1H4/q5*+1;;;;;. The van der Waals surface area contributed by atoms with Gasteiger partial charge in [-0.15, -0.1) is 0 Å². The summed E-state index contributed by atoms with van der Waals surface area (Å²) in [7, 11) is 10.7. The molecule has 0 amide bonds. The predicted molar refractivity (Wildman–Crippen MR) is 440 cm³/mol. The van der Waals surface area contributed by atoms with Gasteiger partial charge in [-0.25, -0.2) is 22.8 Å². The van der Waals surface area contributed by atoms with E-state index >= 15 is 0 Å². The summed E-state index contributed by atoms with van der Waals surface area (Å²) in [5.41, 5.74) is 34.3. The number of aryl methyl sites for hydroxylation is 15. The monoisotopic (exact) mass is 1350 g/mol. The SMILES string of the molecule is C.C.C.C.C.CCc1c[n+](C)c(-c2ccccc2C)cc1C(C)C.CCc1cc(-c2ccccc2C)[n+](C)cc1C(C)C.CCc1cc(-c2ccccc2C)[n+](C)cc1CC.Cc1cc(-c2ccccc2C)[n+](C)cc1CC(C)C.Cc1ccccc1-c1cc(C(C)C)c(C(C)C)c[n+]1C. The van der Waals surface area contributed by atoms with Crippen LogP contribution in [0.1, 0.15) is 241 Å². The van der Waals surface area contributed by atoms with Gasteiger partial charge in [-0.2, -0.15) is 0 Å². The summed E-state index contributed by atoms with van der Waals surface area (Å²) in [5.74, 6) is 2.95. The third-order valence-corrected chi connectivity index (χ3v) is 18.9. The Morgan fingerprint density at radius 2 is 0.510 bits per heavy atom. The molecular formula is C95H140N5+5. The molecule has 0 fully saturated rings. The largest absolute Gasteiger partial charge is 0.212 e. The molecule has 0 saturated heterocycles. The summed E-state index contributed by atoms with van der Waals surface area (Å²) in [6, 6.07) is 54.8. The quantitative estimate of drug-likeness (QED) is 0.0912. The zero-order valence-electron chi connectivity index (χ0n) is 63.5. The molecule has 0 saturated carbocycles. The highest BCUT2D eigenvalue weighted by atomic mass is 14.9. The minimum Gasteiger partial charge on any atom is -0.201 e. The first-order valence-electron chi connectivity index (χ1n) is 35.5. The van der Waals surface area contributed by atoms with Gasteiger partial charge in [0.25, 0.3) is 0 Å². The molecule has 0 unspecified atom stereocenters. The Bertz CT molecular complexity index is 4150. The van der Waals surface area contributed by atoms with Gasteiger partial charge in [0.1, 0.15) is 35.2 Å². The number of hydrogen-bond acceptors (Lipinski definition) is 0. The van der Waals surface area contributed by atoms with Crippen molar-refractivity contribution in [3.05, 3.63) is 266 Å². The summed E-state index contributed by atoms with van der Waals surface area (Å²) in [6.45, 7) is 44.8. The smallest absolute Gasteiger partial charge is 0.201 e. The van der Waals surface area contributed by atoms with Crippen molar-refractivity contribution in [1.82, 2.24) is 0 Å². The van der Waals surface area contributed by atoms with Crippen molar-refractivity contribution in [3.63, 3.8) is 0 Å². The van der Waals surface area contributed by atoms with E-state index in [1.807, 2.05) is 0 Å². The molecule has 0 aliphatic heterocycles. The summed E-state index contributed by atoms with van der Waals surface area (Å²) in [5, 5.41) is 0. The fourth-order valence-electron chi connectivity index (χ4n) is 13.2. The molecule has 5 heterocycles. The Morgan fingerprint density at radius 1 is 0.250 bits per heavy atom. The average Bonchev–Trinajstić information content (AvgIpc) is 0.973. The molecule has 5 aromatic heterocycles. The van der Waals surface area contributed by atoms with Gasteiger partial charge in [-0.05, 0) is 189 Å². The van der Waals surface area contributed by atoms with Crippen molar-refractivity contribution in [3.8, 4) is 56.3 Å². The van der Waals surface area contributed by atoms with Gasteiger partial charge < -0.3 is 0 Å². The minimum atomic E-state index is 0. The zero-order valence-corrected chi connectivity index (χ0v) is 63.5. The van der Waals surface area contributed by atoms with Gasteiger partial charge in [0.15, 0.2) is 31.0 Å². The molecule has 5 aromatic carbocycles. The summed E-state index contributed by atoms with van der Waals surface area (Å²) in [4.78, 5) is 0. The Morgan fingerprint density at radius 3 is 0.820 bits per heavy atom. The van der Waals surface area contributed by atoms with Crippen molar-refractivity contribution >= 4 is 0 Å². The molecule has 0 bridgehead atoms. The van der Waals surface area contributed by atoms with Crippen molar-refractivity contribution < 1.29 is 22.8 Å². The second-order valence-corrected chi connectivity index (χ2v) is 28.2. The maximum atomic E-state index is 2.38. The van der Waals surface area contributed by atoms with Crippen LogP contribution in [0.2, 0.25) is 0 Å². The molecule has 0 aliphatic rings. The molecular weight excluding hydrogens is 1210 g/mol. The average molecular weight is 1350 g/mol. The Labute approximate surface area is 614 Å². The van der Waals surface area contributed by atoms with E-state index < -0.39 is 0 Å². The molecule has 0 radical (unpaired) electrons. The molecule has 10 aromatic rings. The number of rotatable bonds is 15. The third-order valence-electron chi connectivity index (χ3n) is 18.9. The normalized spacial score (nSPS) is 10.5. The van der Waals surface area contributed by atoms with E-state index in [0.717, 1.165) is 32.1 Å². The van der Waals surface area contributed by atoms with Gasteiger partial charge in [0.2, 0.25) is 28.5 Å². The van der Waals surface area contributed by atoms with Crippen LogP contribution in [0.5, 0.6) is 0 Å². The lowest BCUT2D eigenvalue weighted by atomic mass is 9.90. The van der Waals surface area contributed by atoms with Crippen molar-refractivity contribution in [1.29, 1.82) is 0 Å². The van der Waals surface area contributed by atoms with E-state index in [2.05, 4.69) is 379 Å². The van der Waals surface area contributed by atoms with Crippen LogP contribution >= 0.6 is 0 Å². The number of nitrogens with zero attached hydrogens (tertiary/aromatic N) is 5. The van der Waals surface area contributed by atoms with Crippen LogP contribution in [-0.4, -0.2) is 0 Å². The fraction of sp³-hybridized carbons (Fsp3) is 0.421. The number of hydrogen-bond donors (Lipinski definition) is 0. The predicted octanol–water partition coefficient (Wildman–Crippen LogP) is 23.9. The minimum absolute atomic E-state index is 0. The highest BCUT2D eigenvalue weighted by Gasteiger charge is 2.23. The third kappa shape index (κ3) is 23.2. The first-order valence-corrected chi connectivity index (χ1v) is 35.5. The second-order valence-electron chi connectivity index (χ2n) is 28.2. The molecule has 100 heavy (non-hydrogen) atoms. The van der Waals surface area contributed by atoms with Gasteiger partial charge in [0, 0.05) is 86.0 Å². The summed E-state index contributed by atoms with van der Waals surface area (Å²) >= 11 is 0. The van der Waals surface area contributed by atoms with Crippen molar-refractivity contribution in [2.45, 2.75) is 231 Å². The lowest BCUT2D eigenvalue weighted by Gasteiger charge is -2.16. The van der Waals surface area contributed by atoms with E-state index in [9.17, 15) is 0 Å². The topological polar surface area (TPSA) is 19.4 Å². The van der Waals surface area contributed by atoms with Gasteiger partial charge in [-0.3, -0.25) is 0 Å². The lowest BCUT2D eigenvalue weighted by molar-refractivity contribution is -0.661. The molecule has 0 aliphatic carbocycles. The molecule has 540 valence electrons. The Kier molecular flexibility index (Phi) is 37.9. The maximum Gasteiger partial charge on any atom is 0.212 e. The zero-order chi connectivity index (χ0) is 70.0. The van der Waals surface area contributed by atoms with Gasteiger partial charge in [0.05, 0.1) is 0 Å². The highest BCUT2D eigenvalue weighted by Crippen LogP contribution is 2.32. The molecule has 0 atom stereocenters. The summed E-state index contributed by atoms with van der Waals surface area (Å²) < 4.78 is 11.3. The second kappa shape index (κ2) is 42.2. The first-order chi connectivity index (χ1) is 45.1. The molecule has 10 rings (SSSR count). The van der Waals surface area contributed by atoms with Crippen LogP contribution in [0.4, 0.5) is 0 Å². The molecule has 5 nitrogen and oxygen atoms in total. The fourth-order valence-corrected chi connectivity index (χ4v) is 13.2. The van der Waals surface area contributed by atoms with E-state index in [1.54, 1.807) is 0 Å². The van der Waals surface area contributed by atoms with Gasteiger partial charge >= 0.3 is 0 Å².